The third-order valence-corrected chi connectivity index (χ3v) is 10.6. The zero-order chi connectivity index (χ0) is 38.7. The fourth-order valence-electron chi connectivity index (χ4n) is 7.47. The predicted molar refractivity (Wildman–Crippen MR) is 238 cm³/mol. The first-order valence-corrected chi connectivity index (χ1v) is 19.5. The number of nitrogens with one attached hydrogen (secondary N) is 2. The maximum absolute atomic E-state index is 5.05. The van der Waals surface area contributed by atoms with Gasteiger partial charge in [0.2, 0.25) is 0 Å². The Balaban J connectivity index is 0.909. The third kappa shape index (κ3) is 7.22. The van der Waals surface area contributed by atoms with E-state index in [1.165, 1.54) is 10.8 Å². The molecule has 8 aromatic rings. The van der Waals surface area contributed by atoms with Crippen molar-refractivity contribution in [2.24, 2.45) is 20.0 Å². The molecule has 1 unspecified atom stereocenters. The molecule has 1 atom stereocenters. The monoisotopic (exact) mass is 746 g/mol. The molecule has 6 nitrogen and oxygen atoms in total. The molecule has 0 saturated heterocycles. The summed E-state index contributed by atoms with van der Waals surface area (Å²) in [5.74, 6) is 3.24. The Kier molecular flexibility index (Phi) is 9.26. The molecule has 0 amide bonds. The smallest absolute Gasteiger partial charge is 0.169 e. The Labute approximate surface area is 337 Å². The fraction of sp³-hybridized carbons (Fsp3) is 0.0385. The lowest BCUT2D eigenvalue weighted by Crippen LogP contribution is -2.36. The zero-order valence-electron chi connectivity index (χ0n) is 31.6. The molecular weight excluding hydrogens is 709 g/mol. The molecule has 2 heterocycles. The Morgan fingerprint density at radius 1 is 0.259 bits per heavy atom. The van der Waals surface area contributed by atoms with Gasteiger partial charge in [-0.1, -0.05) is 194 Å². The van der Waals surface area contributed by atoms with Crippen LogP contribution in [0.5, 0.6) is 0 Å². The van der Waals surface area contributed by atoms with Crippen molar-refractivity contribution in [1.29, 1.82) is 0 Å². The van der Waals surface area contributed by atoms with E-state index in [2.05, 4.69) is 144 Å². The van der Waals surface area contributed by atoms with Crippen LogP contribution in [0, 0.1) is 0 Å². The fourth-order valence-corrected chi connectivity index (χ4v) is 7.47. The molecule has 0 radical (unpaired) electrons. The summed E-state index contributed by atoms with van der Waals surface area (Å²) in [6.45, 7) is 0. The van der Waals surface area contributed by atoms with Gasteiger partial charge < -0.3 is 10.6 Å². The van der Waals surface area contributed by atoms with Crippen LogP contribution in [0.2, 0.25) is 0 Å². The largest absolute Gasteiger partial charge is 0.324 e. The van der Waals surface area contributed by atoms with Gasteiger partial charge in [0.05, 0.1) is 0 Å². The number of hydrogen-bond acceptors (Lipinski definition) is 6. The van der Waals surface area contributed by atoms with Gasteiger partial charge in [-0.2, -0.15) is 0 Å². The van der Waals surface area contributed by atoms with Crippen molar-refractivity contribution in [3.05, 3.63) is 240 Å². The van der Waals surface area contributed by atoms with Crippen LogP contribution in [0.15, 0.2) is 226 Å². The number of amidine groups is 4. The van der Waals surface area contributed by atoms with Crippen molar-refractivity contribution in [3.63, 3.8) is 0 Å². The molecule has 0 aliphatic carbocycles. The van der Waals surface area contributed by atoms with E-state index in [0.29, 0.717) is 0 Å². The van der Waals surface area contributed by atoms with Gasteiger partial charge in [0.15, 0.2) is 12.3 Å². The van der Waals surface area contributed by atoms with Crippen molar-refractivity contribution in [2.75, 3.05) is 0 Å². The summed E-state index contributed by atoms with van der Waals surface area (Å²) >= 11 is 0. The van der Waals surface area contributed by atoms with E-state index in [1.807, 2.05) is 72.8 Å². The lowest BCUT2D eigenvalue weighted by atomic mass is 9.96. The van der Waals surface area contributed by atoms with E-state index < -0.39 is 0 Å². The molecule has 2 aliphatic heterocycles. The first-order valence-electron chi connectivity index (χ1n) is 19.5. The molecule has 0 bridgehead atoms. The van der Waals surface area contributed by atoms with Crippen molar-refractivity contribution in [1.82, 2.24) is 10.6 Å². The molecule has 0 aromatic heterocycles. The molecule has 8 aromatic carbocycles. The van der Waals surface area contributed by atoms with Crippen molar-refractivity contribution in [3.8, 4) is 22.3 Å². The minimum absolute atomic E-state index is 0.329. The maximum atomic E-state index is 5.05. The summed E-state index contributed by atoms with van der Waals surface area (Å²) in [6.07, 6.45) is -0.693. The number of rotatable bonds is 8. The van der Waals surface area contributed by atoms with Crippen LogP contribution in [-0.2, 0) is 0 Å². The van der Waals surface area contributed by atoms with Gasteiger partial charge in [0.1, 0.15) is 23.3 Å². The van der Waals surface area contributed by atoms with Gasteiger partial charge in [-0.3, -0.25) is 0 Å². The number of hydrogen-bond donors (Lipinski definition) is 2. The highest BCUT2D eigenvalue weighted by atomic mass is 15.2. The molecule has 2 N–H and O–H groups in total. The highest BCUT2D eigenvalue weighted by Crippen LogP contribution is 2.32. The second kappa shape index (κ2) is 15.4. The second-order valence-electron chi connectivity index (χ2n) is 14.4. The predicted octanol–water partition coefficient (Wildman–Crippen LogP) is 11.2. The highest BCUT2D eigenvalue weighted by Gasteiger charge is 2.22. The number of nitrogens with zero attached hydrogens (tertiary/aromatic N) is 4. The van der Waals surface area contributed by atoms with Gasteiger partial charge in [0, 0.05) is 22.3 Å². The van der Waals surface area contributed by atoms with E-state index in [4.69, 9.17) is 20.0 Å². The lowest BCUT2D eigenvalue weighted by Gasteiger charge is -2.22. The van der Waals surface area contributed by atoms with Crippen LogP contribution in [0.25, 0.3) is 33.0 Å². The Morgan fingerprint density at radius 2 is 0.569 bits per heavy atom. The quantitative estimate of drug-likeness (QED) is 0.162. The molecule has 0 fully saturated rings. The lowest BCUT2D eigenvalue weighted by molar-refractivity contribution is 0.756. The van der Waals surface area contributed by atoms with Crippen molar-refractivity contribution >= 4 is 34.1 Å². The minimum Gasteiger partial charge on any atom is -0.324 e. The Hall–Kier alpha value is -7.70. The first-order chi connectivity index (χ1) is 28.7. The van der Waals surface area contributed by atoms with Gasteiger partial charge >= 0.3 is 0 Å². The number of aliphatic imine (C=N–C) groups is 4. The summed E-state index contributed by atoms with van der Waals surface area (Å²) in [6, 6.07) is 71.5. The average molecular weight is 747 g/mol. The van der Waals surface area contributed by atoms with Crippen molar-refractivity contribution in [2.45, 2.75) is 12.3 Å². The second-order valence-corrected chi connectivity index (χ2v) is 14.4. The average Bonchev–Trinajstić information content (AvgIpc) is 3.32. The SMILES string of the molecule is c1ccc(C2=NC(c3ccccc3)N=C(c3ccc(-c4ccc5ccc(-c6ccc(C7N=C(c8ccccc8)NC(c8ccccc8)=N7)cc6)cc5c4)cc3)N2)cc1. The minimum atomic E-state index is -0.364. The number of benzene rings is 8. The van der Waals surface area contributed by atoms with Gasteiger partial charge in [0.25, 0.3) is 0 Å². The summed E-state index contributed by atoms with van der Waals surface area (Å²) < 4.78 is 0. The van der Waals surface area contributed by atoms with Crippen LogP contribution in [0.3, 0.4) is 0 Å². The van der Waals surface area contributed by atoms with E-state index >= 15 is 0 Å². The molecule has 0 spiro atoms. The van der Waals surface area contributed by atoms with E-state index in [1.54, 1.807) is 0 Å². The summed E-state index contributed by atoms with van der Waals surface area (Å²) in [5.41, 5.74) is 10.8. The summed E-state index contributed by atoms with van der Waals surface area (Å²) in [7, 11) is 0. The molecule has 10 rings (SSSR count). The van der Waals surface area contributed by atoms with Crippen LogP contribution < -0.4 is 10.6 Å². The zero-order valence-corrected chi connectivity index (χ0v) is 31.6. The molecule has 58 heavy (non-hydrogen) atoms. The topological polar surface area (TPSA) is 73.5 Å². The van der Waals surface area contributed by atoms with E-state index in [0.717, 1.165) is 79.0 Å². The standard InChI is InChI=1S/C52H38N6/c1-5-13-38(14-6-1)47-53-48(39-15-7-2-8-16-39)56-51(55-47)42-27-21-35(22-28-42)44-31-25-37-26-32-45(34-46(37)33-44)36-23-29-43(30-24-36)52-57-49(40-17-9-3-10-18-40)54-50(58-52)41-19-11-4-12-20-41/h1-34,47,52H,(H,53,55,56)(H,54,57,58). The molecule has 276 valence electrons. The van der Waals surface area contributed by atoms with Gasteiger partial charge in [-0.15, -0.1) is 0 Å². The third-order valence-electron chi connectivity index (χ3n) is 10.6. The first kappa shape index (κ1) is 34.8. The van der Waals surface area contributed by atoms with Gasteiger partial charge in [-0.05, 0) is 56.3 Å². The molecule has 2 aliphatic rings. The molecule has 6 heteroatoms. The Bertz CT molecular complexity index is 2790. The molecular formula is C52H38N6. The number of fused-ring (bicyclic) bond motifs is 1. The maximum Gasteiger partial charge on any atom is 0.169 e. The highest BCUT2D eigenvalue weighted by molar-refractivity contribution is 6.16. The Morgan fingerprint density at radius 3 is 0.983 bits per heavy atom. The van der Waals surface area contributed by atoms with Crippen LogP contribution >= 0.6 is 0 Å². The van der Waals surface area contributed by atoms with Crippen molar-refractivity contribution < 1.29 is 0 Å². The molecule has 0 saturated carbocycles. The van der Waals surface area contributed by atoms with Crippen LogP contribution in [0.1, 0.15) is 45.7 Å². The van der Waals surface area contributed by atoms with Gasteiger partial charge in [-0.25, -0.2) is 20.0 Å². The summed E-state index contributed by atoms with van der Waals surface area (Å²) in [5, 5.41) is 9.37. The van der Waals surface area contributed by atoms with E-state index in [-0.39, 0.29) is 12.3 Å². The van der Waals surface area contributed by atoms with Crippen LogP contribution in [-0.4, -0.2) is 23.3 Å². The van der Waals surface area contributed by atoms with Crippen LogP contribution in [0.4, 0.5) is 0 Å². The van der Waals surface area contributed by atoms with E-state index in [9.17, 15) is 0 Å². The summed E-state index contributed by atoms with van der Waals surface area (Å²) in [4.78, 5) is 20.1. The normalized spacial score (nSPS) is 15.3.